The smallest absolute Gasteiger partial charge is 0.146 e. The van der Waals surface area contributed by atoms with Gasteiger partial charge in [-0.3, -0.25) is 0 Å². The van der Waals surface area contributed by atoms with Crippen molar-refractivity contribution >= 4 is 23.0 Å². The quantitative estimate of drug-likeness (QED) is 0.857. The maximum absolute atomic E-state index is 13.7. The minimum absolute atomic E-state index is 0.286. The topological polar surface area (TPSA) is 29.3 Å². The fraction of sp³-hybridized carbons (Fsp3) is 0.143. The average molecular weight is 265 g/mol. The zero-order valence-electron chi connectivity index (χ0n) is 10.0. The third-order valence-electron chi connectivity index (χ3n) is 2.69. The summed E-state index contributed by atoms with van der Waals surface area (Å²) in [5.74, 6) is -0.286. The second-order valence-electron chi connectivity index (χ2n) is 4.20. The van der Waals surface area contributed by atoms with Crippen LogP contribution >= 0.6 is 11.6 Å². The van der Waals surface area contributed by atoms with Crippen LogP contribution in [0.5, 0.6) is 0 Å². The first kappa shape index (κ1) is 12.7. The molecule has 0 aliphatic rings. The van der Waals surface area contributed by atoms with Crippen LogP contribution in [0.15, 0.2) is 42.5 Å². The summed E-state index contributed by atoms with van der Waals surface area (Å²) in [4.78, 5) is 1.80. The number of anilines is 2. The first-order valence-corrected chi connectivity index (χ1v) is 5.94. The molecule has 2 N–H and O–H groups in total. The SMILES string of the molecule is CN(Cc1cccc(N)c1)c1cc(Cl)ccc1F. The van der Waals surface area contributed by atoms with E-state index in [-0.39, 0.29) is 5.82 Å². The standard InChI is InChI=1S/C14H14ClFN2/c1-18(9-10-3-2-4-12(17)7-10)14-8-11(15)5-6-13(14)16/h2-8H,9,17H2,1H3. The lowest BCUT2D eigenvalue weighted by molar-refractivity contribution is 0.622. The van der Waals surface area contributed by atoms with Crippen molar-refractivity contribution in [3.63, 3.8) is 0 Å². The Hall–Kier alpha value is -1.74. The van der Waals surface area contributed by atoms with Gasteiger partial charge in [0.25, 0.3) is 0 Å². The maximum Gasteiger partial charge on any atom is 0.146 e. The molecule has 94 valence electrons. The number of rotatable bonds is 3. The molecule has 0 saturated carbocycles. The van der Waals surface area contributed by atoms with E-state index >= 15 is 0 Å². The Morgan fingerprint density at radius 1 is 1.22 bits per heavy atom. The zero-order chi connectivity index (χ0) is 13.1. The van der Waals surface area contributed by atoms with Crippen LogP contribution in [0, 0.1) is 5.82 Å². The molecule has 0 aliphatic heterocycles. The largest absolute Gasteiger partial charge is 0.399 e. The van der Waals surface area contributed by atoms with Crippen molar-refractivity contribution in [1.29, 1.82) is 0 Å². The summed E-state index contributed by atoms with van der Waals surface area (Å²) in [6.07, 6.45) is 0. The molecule has 0 fully saturated rings. The van der Waals surface area contributed by atoms with Crippen LogP contribution in [0.1, 0.15) is 5.56 Å². The first-order valence-electron chi connectivity index (χ1n) is 5.57. The van der Waals surface area contributed by atoms with Crippen molar-refractivity contribution in [2.24, 2.45) is 0 Å². The highest BCUT2D eigenvalue weighted by Crippen LogP contribution is 2.24. The summed E-state index contributed by atoms with van der Waals surface area (Å²) >= 11 is 5.88. The Morgan fingerprint density at radius 2 is 2.00 bits per heavy atom. The number of nitrogen functional groups attached to an aromatic ring is 1. The maximum atomic E-state index is 13.7. The fourth-order valence-electron chi connectivity index (χ4n) is 1.83. The molecule has 0 saturated heterocycles. The highest BCUT2D eigenvalue weighted by molar-refractivity contribution is 6.30. The molecule has 0 heterocycles. The van der Waals surface area contributed by atoms with Crippen LogP contribution < -0.4 is 10.6 Å². The second-order valence-corrected chi connectivity index (χ2v) is 4.63. The van der Waals surface area contributed by atoms with Crippen LogP contribution in [-0.4, -0.2) is 7.05 Å². The van der Waals surface area contributed by atoms with E-state index in [2.05, 4.69) is 0 Å². The summed E-state index contributed by atoms with van der Waals surface area (Å²) < 4.78 is 13.7. The van der Waals surface area contributed by atoms with E-state index in [0.717, 1.165) is 5.56 Å². The van der Waals surface area contributed by atoms with E-state index in [1.54, 1.807) is 11.0 Å². The summed E-state index contributed by atoms with van der Waals surface area (Å²) in [7, 11) is 1.82. The molecule has 0 spiro atoms. The highest BCUT2D eigenvalue weighted by atomic mass is 35.5. The number of halogens is 2. The average Bonchev–Trinajstić information content (AvgIpc) is 2.32. The van der Waals surface area contributed by atoms with E-state index in [0.29, 0.717) is 22.9 Å². The van der Waals surface area contributed by atoms with Crippen molar-refractivity contribution in [1.82, 2.24) is 0 Å². The molecule has 0 aromatic heterocycles. The Labute approximate surface area is 111 Å². The van der Waals surface area contributed by atoms with Gasteiger partial charge in [0, 0.05) is 24.3 Å². The molecule has 2 nitrogen and oxygen atoms in total. The zero-order valence-corrected chi connectivity index (χ0v) is 10.8. The molecule has 2 aromatic carbocycles. The molecule has 0 aliphatic carbocycles. The van der Waals surface area contributed by atoms with E-state index < -0.39 is 0 Å². The molecule has 0 bridgehead atoms. The van der Waals surface area contributed by atoms with E-state index in [4.69, 9.17) is 17.3 Å². The summed E-state index contributed by atoms with van der Waals surface area (Å²) in [5, 5.41) is 0.519. The number of hydrogen-bond acceptors (Lipinski definition) is 2. The Balaban J connectivity index is 2.21. The summed E-state index contributed by atoms with van der Waals surface area (Å²) in [5.41, 5.74) is 7.92. The molecule has 4 heteroatoms. The van der Waals surface area contributed by atoms with Crippen LogP contribution in [-0.2, 0) is 6.54 Å². The van der Waals surface area contributed by atoms with Crippen molar-refractivity contribution in [2.45, 2.75) is 6.54 Å². The third kappa shape index (κ3) is 2.93. The van der Waals surface area contributed by atoms with Gasteiger partial charge in [0.1, 0.15) is 5.82 Å². The van der Waals surface area contributed by atoms with Gasteiger partial charge >= 0.3 is 0 Å². The molecule has 18 heavy (non-hydrogen) atoms. The lowest BCUT2D eigenvalue weighted by Crippen LogP contribution is -2.17. The second kappa shape index (κ2) is 5.27. The lowest BCUT2D eigenvalue weighted by atomic mass is 10.2. The summed E-state index contributed by atoms with van der Waals surface area (Å²) in [6.45, 7) is 0.572. The Morgan fingerprint density at radius 3 is 2.72 bits per heavy atom. The van der Waals surface area contributed by atoms with E-state index in [9.17, 15) is 4.39 Å². The normalized spacial score (nSPS) is 10.4. The van der Waals surface area contributed by atoms with Gasteiger partial charge in [0.2, 0.25) is 0 Å². The lowest BCUT2D eigenvalue weighted by Gasteiger charge is -2.20. The number of nitrogens with two attached hydrogens (primary N) is 1. The predicted octanol–water partition coefficient (Wildman–Crippen LogP) is 3.70. The van der Waals surface area contributed by atoms with Gasteiger partial charge in [-0.2, -0.15) is 0 Å². The van der Waals surface area contributed by atoms with Gasteiger partial charge in [0.05, 0.1) is 5.69 Å². The number of hydrogen-bond donors (Lipinski definition) is 1. The molecule has 2 rings (SSSR count). The molecular formula is C14H14ClFN2. The fourth-order valence-corrected chi connectivity index (χ4v) is 2.00. The van der Waals surface area contributed by atoms with Gasteiger partial charge in [-0.15, -0.1) is 0 Å². The highest BCUT2D eigenvalue weighted by Gasteiger charge is 2.08. The van der Waals surface area contributed by atoms with Gasteiger partial charge in [-0.25, -0.2) is 4.39 Å². The van der Waals surface area contributed by atoms with E-state index in [1.807, 2.05) is 31.3 Å². The third-order valence-corrected chi connectivity index (χ3v) is 2.93. The Bertz CT molecular complexity index is 557. The molecule has 0 amide bonds. The Kier molecular flexibility index (Phi) is 3.72. The van der Waals surface area contributed by atoms with Gasteiger partial charge in [-0.1, -0.05) is 23.7 Å². The number of benzene rings is 2. The predicted molar refractivity (Wildman–Crippen MR) is 74.4 cm³/mol. The minimum atomic E-state index is -0.286. The van der Waals surface area contributed by atoms with Gasteiger partial charge < -0.3 is 10.6 Å². The minimum Gasteiger partial charge on any atom is -0.399 e. The van der Waals surface area contributed by atoms with Gasteiger partial charge in [-0.05, 0) is 35.9 Å². The van der Waals surface area contributed by atoms with Crippen LogP contribution in [0.3, 0.4) is 0 Å². The van der Waals surface area contributed by atoms with Crippen LogP contribution in [0.4, 0.5) is 15.8 Å². The van der Waals surface area contributed by atoms with Crippen molar-refractivity contribution in [3.05, 3.63) is 58.9 Å². The van der Waals surface area contributed by atoms with Crippen molar-refractivity contribution in [2.75, 3.05) is 17.7 Å². The number of nitrogens with zero attached hydrogens (tertiary/aromatic N) is 1. The monoisotopic (exact) mass is 264 g/mol. The van der Waals surface area contributed by atoms with Crippen LogP contribution in [0.2, 0.25) is 5.02 Å². The van der Waals surface area contributed by atoms with Gasteiger partial charge in [0.15, 0.2) is 0 Å². The molecule has 0 atom stereocenters. The van der Waals surface area contributed by atoms with Crippen LogP contribution in [0.25, 0.3) is 0 Å². The summed E-state index contributed by atoms with van der Waals surface area (Å²) in [6, 6.07) is 12.1. The van der Waals surface area contributed by atoms with Crippen molar-refractivity contribution in [3.8, 4) is 0 Å². The molecule has 0 radical (unpaired) electrons. The van der Waals surface area contributed by atoms with Crippen molar-refractivity contribution < 1.29 is 4.39 Å². The van der Waals surface area contributed by atoms with E-state index in [1.165, 1.54) is 12.1 Å². The molecular weight excluding hydrogens is 251 g/mol. The molecule has 0 unspecified atom stereocenters. The first-order chi connectivity index (χ1) is 8.56. The molecule has 2 aromatic rings.